The van der Waals surface area contributed by atoms with Crippen LogP contribution < -0.4 is 5.32 Å². The maximum Gasteiger partial charge on any atom is 0.291 e. The van der Waals surface area contributed by atoms with Gasteiger partial charge in [-0.15, -0.1) is 5.10 Å². The van der Waals surface area contributed by atoms with E-state index < -0.39 is 18.6 Å². The van der Waals surface area contributed by atoms with Crippen LogP contribution in [0.15, 0.2) is 0 Å². The van der Waals surface area contributed by atoms with Crippen LogP contribution in [0.1, 0.15) is 29.8 Å². The van der Waals surface area contributed by atoms with Crippen molar-refractivity contribution in [1.29, 1.82) is 0 Å². The number of aromatic nitrogens is 3. The predicted molar refractivity (Wildman–Crippen MR) is 55.8 cm³/mol. The van der Waals surface area contributed by atoms with Crippen molar-refractivity contribution in [2.24, 2.45) is 0 Å². The summed E-state index contributed by atoms with van der Waals surface area (Å²) < 4.78 is 0. The summed E-state index contributed by atoms with van der Waals surface area (Å²) >= 11 is 0. The summed E-state index contributed by atoms with van der Waals surface area (Å²) in [5.41, 5.74) is 0. The molecule has 1 heterocycles. The standard InChI is InChI=1S/C9H16N4O3/c1-2-3-7-11-8(13-12-7)9(16)10-4-6(15)5-14/h6,14-15H,2-5H2,1H3,(H,10,16)(H,11,12,13). The highest BCUT2D eigenvalue weighted by atomic mass is 16.3. The number of carbonyl (C=O) groups excluding carboxylic acids is 1. The number of aromatic amines is 1. The minimum atomic E-state index is -0.960. The van der Waals surface area contributed by atoms with Crippen LogP contribution in [0.5, 0.6) is 0 Å². The van der Waals surface area contributed by atoms with Gasteiger partial charge in [0.05, 0.1) is 12.7 Å². The number of amides is 1. The average Bonchev–Trinajstić information content (AvgIpc) is 2.74. The van der Waals surface area contributed by atoms with Gasteiger partial charge in [0.25, 0.3) is 5.91 Å². The first-order valence-electron chi connectivity index (χ1n) is 5.15. The van der Waals surface area contributed by atoms with Crippen molar-refractivity contribution in [3.05, 3.63) is 11.6 Å². The lowest BCUT2D eigenvalue weighted by Gasteiger charge is -2.06. The molecule has 0 bridgehead atoms. The zero-order valence-electron chi connectivity index (χ0n) is 9.10. The van der Waals surface area contributed by atoms with E-state index in [9.17, 15) is 4.79 Å². The number of rotatable bonds is 6. The van der Waals surface area contributed by atoms with Crippen LogP contribution in [0.4, 0.5) is 0 Å². The zero-order chi connectivity index (χ0) is 12.0. The van der Waals surface area contributed by atoms with Gasteiger partial charge in [0.15, 0.2) is 0 Å². The van der Waals surface area contributed by atoms with Gasteiger partial charge in [0.2, 0.25) is 5.82 Å². The van der Waals surface area contributed by atoms with Gasteiger partial charge in [0, 0.05) is 13.0 Å². The first-order chi connectivity index (χ1) is 7.67. The normalized spacial score (nSPS) is 12.4. The number of H-pyrrole nitrogens is 1. The fourth-order valence-electron chi connectivity index (χ4n) is 1.10. The largest absolute Gasteiger partial charge is 0.394 e. The van der Waals surface area contributed by atoms with E-state index >= 15 is 0 Å². The van der Waals surface area contributed by atoms with Crippen molar-refractivity contribution in [2.45, 2.75) is 25.9 Å². The maximum atomic E-state index is 11.4. The monoisotopic (exact) mass is 228 g/mol. The molecule has 0 spiro atoms. The van der Waals surface area contributed by atoms with Crippen molar-refractivity contribution < 1.29 is 15.0 Å². The highest BCUT2D eigenvalue weighted by Crippen LogP contribution is 1.96. The summed E-state index contributed by atoms with van der Waals surface area (Å²) in [6.07, 6.45) is 0.692. The Hall–Kier alpha value is -1.47. The molecular weight excluding hydrogens is 212 g/mol. The summed E-state index contributed by atoms with van der Waals surface area (Å²) in [7, 11) is 0. The van der Waals surface area contributed by atoms with Gasteiger partial charge in [-0.2, -0.15) is 0 Å². The van der Waals surface area contributed by atoms with E-state index in [1.165, 1.54) is 0 Å². The SMILES string of the molecule is CCCc1nc(C(=O)NCC(O)CO)n[nH]1. The zero-order valence-corrected chi connectivity index (χ0v) is 9.10. The quantitative estimate of drug-likeness (QED) is 0.491. The van der Waals surface area contributed by atoms with Gasteiger partial charge in [-0.1, -0.05) is 6.92 Å². The second kappa shape index (κ2) is 6.19. The Kier molecular flexibility index (Phi) is 4.87. The highest BCUT2D eigenvalue weighted by Gasteiger charge is 2.13. The lowest BCUT2D eigenvalue weighted by atomic mass is 10.3. The van der Waals surface area contributed by atoms with Crippen molar-refractivity contribution in [2.75, 3.05) is 13.2 Å². The van der Waals surface area contributed by atoms with Crippen LogP contribution in [-0.4, -0.2) is 50.6 Å². The topological polar surface area (TPSA) is 111 Å². The molecule has 0 aromatic carbocycles. The van der Waals surface area contributed by atoms with Crippen LogP contribution in [0, 0.1) is 0 Å². The van der Waals surface area contributed by atoms with E-state index in [-0.39, 0.29) is 12.4 Å². The summed E-state index contributed by atoms with van der Waals surface area (Å²) in [6.45, 7) is 1.59. The third-order valence-corrected chi connectivity index (χ3v) is 1.93. The van der Waals surface area contributed by atoms with E-state index in [2.05, 4.69) is 20.5 Å². The van der Waals surface area contributed by atoms with E-state index in [0.717, 1.165) is 12.8 Å². The molecule has 0 aliphatic heterocycles. The first-order valence-corrected chi connectivity index (χ1v) is 5.15. The Morgan fingerprint density at radius 2 is 2.38 bits per heavy atom. The lowest BCUT2D eigenvalue weighted by Crippen LogP contribution is -2.34. The molecule has 4 N–H and O–H groups in total. The number of aliphatic hydroxyl groups is 2. The average molecular weight is 228 g/mol. The van der Waals surface area contributed by atoms with Gasteiger partial charge >= 0.3 is 0 Å². The van der Waals surface area contributed by atoms with Crippen LogP contribution in [0.25, 0.3) is 0 Å². The van der Waals surface area contributed by atoms with Gasteiger partial charge in [-0.05, 0) is 6.42 Å². The van der Waals surface area contributed by atoms with Gasteiger partial charge in [0.1, 0.15) is 5.82 Å². The maximum absolute atomic E-state index is 11.4. The smallest absolute Gasteiger partial charge is 0.291 e. The molecule has 1 unspecified atom stereocenters. The van der Waals surface area contributed by atoms with Gasteiger partial charge in [-0.25, -0.2) is 4.98 Å². The number of hydrogen-bond acceptors (Lipinski definition) is 5. The Morgan fingerprint density at radius 1 is 1.62 bits per heavy atom. The highest BCUT2D eigenvalue weighted by molar-refractivity contribution is 5.90. The molecule has 0 radical (unpaired) electrons. The number of nitrogens with one attached hydrogen (secondary N) is 2. The minimum Gasteiger partial charge on any atom is -0.394 e. The van der Waals surface area contributed by atoms with Crippen molar-refractivity contribution >= 4 is 5.91 Å². The Balaban J connectivity index is 2.46. The van der Waals surface area contributed by atoms with Crippen LogP contribution in [-0.2, 0) is 6.42 Å². The summed E-state index contributed by atoms with van der Waals surface area (Å²) in [6, 6.07) is 0. The van der Waals surface area contributed by atoms with Crippen LogP contribution >= 0.6 is 0 Å². The second-order valence-corrected chi connectivity index (χ2v) is 3.40. The fraction of sp³-hybridized carbons (Fsp3) is 0.667. The molecule has 1 aromatic heterocycles. The predicted octanol–water partition coefficient (Wildman–Crippen LogP) is -1.16. The molecule has 0 aliphatic rings. The molecule has 90 valence electrons. The summed E-state index contributed by atoms with van der Waals surface area (Å²) in [5.74, 6) is 0.245. The number of aliphatic hydroxyl groups excluding tert-OH is 2. The van der Waals surface area contributed by atoms with E-state index in [1.807, 2.05) is 6.92 Å². The minimum absolute atomic E-state index is 0.0208. The summed E-state index contributed by atoms with van der Waals surface area (Å²) in [5, 5.41) is 26.4. The number of hydrogen-bond donors (Lipinski definition) is 4. The van der Waals surface area contributed by atoms with Crippen molar-refractivity contribution in [1.82, 2.24) is 20.5 Å². The van der Waals surface area contributed by atoms with E-state index in [4.69, 9.17) is 10.2 Å². The Bertz CT molecular complexity index is 339. The van der Waals surface area contributed by atoms with Gasteiger partial charge < -0.3 is 15.5 Å². The second-order valence-electron chi connectivity index (χ2n) is 3.40. The number of carbonyl (C=O) groups is 1. The molecule has 7 nitrogen and oxygen atoms in total. The van der Waals surface area contributed by atoms with Crippen molar-refractivity contribution in [3.8, 4) is 0 Å². The summed E-state index contributed by atoms with van der Waals surface area (Å²) in [4.78, 5) is 15.4. The van der Waals surface area contributed by atoms with Crippen molar-refractivity contribution in [3.63, 3.8) is 0 Å². The van der Waals surface area contributed by atoms with E-state index in [0.29, 0.717) is 5.82 Å². The number of aryl methyl sites for hydroxylation is 1. The van der Waals surface area contributed by atoms with Crippen LogP contribution in [0.2, 0.25) is 0 Å². The molecule has 0 fully saturated rings. The Labute approximate surface area is 92.9 Å². The lowest BCUT2D eigenvalue weighted by molar-refractivity contribution is 0.0795. The molecule has 0 saturated heterocycles. The molecule has 1 amide bonds. The third kappa shape index (κ3) is 3.59. The molecule has 1 rings (SSSR count). The molecular formula is C9H16N4O3. The molecule has 1 aromatic rings. The fourth-order valence-corrected chi connectivity index (χ4v) is 1.10. The first kappa shape index (κ1) is 12.6. The van der Waals surface area contributed by atoms with Crippen LogP contribution in [0.3, 0.4) is 0 Å². The Morgan fingerprint density at radius 3 is 3.00 bits per heavy atom. The third-order valence-electron chi connectivity index (χ3n) is 1.93. The van der Waals surface area contributed by atoms with Gasteiger partial charge in [-0.3, -0.25) is 9.89 Å². The molecule has 1 atom stereocenters. The molecule has 7 heteroatoms. The molecule has 0 aliphatic carbocycles. The number of nitrogens with zero attached hydrogens (tertiary/aromatic N) is 2. The molecule has 0 saturated carbocycles. The molecule has 16 heavy (non-hydrogen) atoms. The van der Waals surface area contributed by atoms with E-state index in [1.54, 1.807) is 0 Å².